The van der Waals surface area contributed by atoms with Gasteiger partial charge in [-0.1, -0.05) is 129 Å². The van der Waals surface area contributed by atoms with Gasteiger partial charge in [0.15, 0.2) is 0 Å². The molecule has 4 aromatic carbocycles. The molecule has 5 heteroatoms. The van der Waals surface area contributed by atoms with E-state index in [0.717, 1.165) is 44.7 Å². The van der Waals surface area contributed by atoms with Gasteiger partial charge < -0.3 is 14.2 Å². The van der Waals surface area contributed by atoms with Crippen molar-refractivity contribution in [3.8, 4) is 17.3 Å². The van der Waals surface area contributed by atoms with Crippen molar-refractivity contribution >= 4 is 32.8 Å². The van der Waals surface area contributed by atoms with Gasteiger partial charge in [0, 0.05) is 17.0 Å². The van der Waals surface area contributed by atoms with Crippen molar-refractivity contribution < 1.29 is 9.67 Å². The Morgan fingerprint density at radius 3 is 1.92 bits per heavy atom. The van der Waals surface area contributed by atoms with Crippen LogP contribution in [0.1, 0.15) is 98.4 Å². The van der Waals surface area contributed by atoms with Gasteiger partial charge in [-0.25, -0.2) is 4.98 Å². The molecule has 0 unspecified atom stereocenters. The molecule has 0 atom stereocenters. The molecule has 0 aliphatic rings. The number of aromatic hydroxyl groups is 1. The highest BCUT2D eigenvalue weighted by molar-refractivity contribution is 6.09. The summed E-state index contributed by atoms with van der Waals surface area (Å²) >= 11 is 0. The van der Waals surface area contributed by atoms with Gasteiger partial charge in [0.25, 0.3) is 0 Å². The van der Waals surface area contributed by atoms with Crippen LogP contribution in [-0.4, -0.2) is 19.2 Å². The van der Waals surface area contributed by atoms with E-state index in [9.17, 15) is 5.11 Å². The molecule has 0 aliphatic heterocycles. The zero-order chi connectivity index (χ0) is 36.0. The Bertz CT molecular complexity index is 2420. The average molecular weight is 663 g/mol. The van der Waals surface area contributed by atoms with E-state index in [0.29, 0.717) is 5.75 Å². The lowest BCUT2D eigenvalue weighted by atomic mass is 9.79. The normalized spacial score (nSPS) is 13.2. The Labute approximate surface area is 296 Å². The van der Waals surface area contributed by atoms with E-state index < -0.39 is 5.54 Å². The molecule has 256 valence electrons. The van der Waals surface area contributed by atoms with Crippen LogP contribution in [0.15, 0.2) is 97.2 Å². The maximum Gasteiger partial charge on any atom is 0.245 e. The summed E-state index contributed by atoms with van der Waals surface area (Å²) in [5.74, 6) is 1.21. The van der Waals surface area contributed by atoms with Crippen molar-refractivity contribution in [2.24, 2.45) is 0 Å². The molecule has 3 heterocycles. The number of fused-ring (bicyclic) bond motifs is 4. The molecular weight excluding hydrogens is 613 g/mol. The molecule has 0 aliphatic carbocycles. The molecule has 0 radical (unpaired) electrons. The fourth-order valence-corrected chi connectivity index (χ4v) is 7.19. The molecule has 50 heavy (non-hydrogen) atoms. The molecule has 0 bridgehead atoms. The van der Waals surface area contributed by atoms with E-state index in [1.807, 2.05) is 10.8 Å². The highest BCUT2D eigenvalue weighted by Gasteiger charge is 2.32. The predicted molar refractivity (Wildman–Crippen MR) is 207 cm³/mol. The summed E-state index contributed by atoms with van der Waals surface area (Å²) in [5.41, 5.74) is 8.66. The van der Waals surface area contributed by atoms with Crippen LogP contribution in [0.3, 0.4) is 0 Å². The molecule has 5 nitrogen and oxygen atoms in total. The highest BCUT2D eigenvalue weighted by atomic mass is 16.3. The standard InChI is InChI=1S/C45H50N4O/c1-42(2,3)29-22-23-46-40(27-29)49-35-17-13-12-16-32(35)33-21-20-30(25-38(33)49)45(10,11)48-28-47(36-18-14-15-19-37(36)48)39-26-31(43(4,5)6)24-34(41(39)50)44(7,8)9/h12-27,50H,1-11H3. The Balaban J connectivity index is 1.46. The number of benzene rings is 4. The van der Waals surface area contributed by atoms with Crippen LogP contribution in [0.25, 0.3) is 44.3 Å². The number of hydrogen-bond donors (Lipinski definition) is 1. The van der Waals surface area contributed by atoms with Gasteiger partial charge in [0.05, 0.1) is 27.8 Å². The molecule has 0 spiro atoms. The maximum atomic E-state index is 11.9. The van der Waals surface area contributed by atoms with Gasteiger partial charge in [-0.05, 0) is 76.6 Å². The summed E-state index contributed by atoms with van der Waals surface area (Å²) in [5, 5.41) is 14.3. The topological polar surface area (TPSA) is 46.9 Å². The maximum absolute atomic E-state index is 11.9. The fourth-order valence-electron chi connectivity index (χ4n) is 7.19. The van der Waals surface area contributed by atoms with Crippen LogP contribution >= 0.6 is 0 Å². The summed E-state index contributed by atoms with van der Waals surface area (Å²) in [6, 6.07) is 32.5. The third-order valence-electron chi connectivity index (χ3n) is 10.3. The first-order valence-electron chi connectivity index (χ1n) is 17.7. The van der Waals surface area contributed by atoms with Gasteiger partial charge in [-0.2, -0.15) is 0 Å². The van der Waals surface area contributed by atoms with Gasteiger partial charge in [-0.15, -0.1) is 0 Å². The van der Waals surface area contributed by atoms with E-state index in [2.05, 4.69) is 183 Å². The number of aromatic nitrogens is 4. The Kier molecular flexibility index (Phi) is 7.60. The SMILES string of the molecule is CC(C)(C)c1ccnc(-n2c3ccccc3c3ccc(C(C)(C)[n+]4[c-]n(-c5cc(C(C)(C)C)cc(C(C)(C)C)c5O)c5ccccc54)cc32)c1. The lowest BCUT2D eigenvalue weighted by Gasteiger charge is -2.28. The summed E-state index contributed by atoms with van der Waals surface area (Å²) < 4.78 is 6.59. The van der Waals surface area contributed by atoms with Gasteiger partial charge in [0.1, 0.15) is 17.1 Å². The number of phenols is 1. The van der Waals surface area contributed by atoms with E-state index in [4.69, 9.17) is 4.98 Å². The van der Waals surface area contributed by atoms with Crippen molar-refractivity contribution in [1.82, 2.24) is 14.1 Å². The molecule has 0 amide bonds. The lowest BCUT2D eigenvalue weighted by molar-refractivity contribution is -0.727. The van der Waals surface area contributed by atoms with Gasteiger partial charge in [0.2, 0.25) is 6.33 Å². The summed E-state index contributed by atoms with van der Waals surface area (Å²) in [4.78, 5) is 4.90. The van der Waals surface area contributed by atoms with Crippen LogP contribution in [0.2, 0.25) is 0 Å². The average Bonchev–Trinajstić information content (AvgIpc) is 3.60. The van der Waals surface area contributed by atoms with Crippen LogP contribution in [0.5, 0.6) is 5.75 Å². The fraction of sp³-hybridized carbons (Fsp3) is 0.333. The first-order valence-corrected chi connectivity index (χ1v) is 17.7. The van der Waals surface area contributed by atoms with Crippen LogP contribution < -0.4 is 4.57 Å². The first kappa shape index (κ1) is 33.6. The van der Waals surface area contributed by atoms with Gasteiger partial charge >= 0.3 is 0 Å². The molecular formula is C45H50N4O. The number of pyridine rings is 1. The second-order valence-corrected chi connectivity index (χ2v) is 17.4. The smallest absolute Gasteiger partial charge is 0.245 e. The number of phenolic OH excluding ortho intramolecular Hbond substituents is 1. The zero-order valence-corrected chi connectivity index (χ0v) is 31.5. The highest BCUT2D eigenvalue weighted by Crippen LogP contribution is 2.41. The van der Waals surface area contributed by atoms with E-state index in [1.54, 1.807) is 0 Å². The van der Waals surface area contributed by atoms with Crippen LogP contribution in [0, 0.1) is 6.33 Å². The third kappa shape index (κ3) is 5.48. The summed E-state index contributed by atoms with van der Waals surface area (Å²) in [7, 11) is 0. The van der Waals surface area contributed by atoms with Crippen LogP contribution in [0.4, 0.5) is 0 Å². The zero-order valence-electron chi connectivity index (χ0n) is 31.5. The van der Waals surface area contributed by atoms with E-state index in [1.165, 1.54) is 21.9 Å². The first-order chi connectivity index (χ1) is 23.4. The second kappa shape index (κ2) is 11.3. The molecule has 3 aromatic heterocycles. The number of para-hydroxylation sites is 3. The van der Waals surface area contributed by atoms with E-state index >= 15 is 0 Å². The Morgan fingerprint density at radius 2 is 1.24 bits per heavy atom. The summed E-state index contributed by atoms with van der Waals surface area (Å²) in [6.45, 7) is 24.4. The van der Waals surface area contributed by atoms with Crippen molar-refractivity contribution in [2.75, 3.05) is 0 Å². The second-order valence-electron chi connectivity index (χ2n) is 17.4. The number of nitrogens with zero attached hydrogens (tertiary/aromatic N) is 4. The molecule has 0 saturated heterocycles. The molecule has 0 saturated carbocycles. The minimum atomic E-state index is -0.509. The lowest BCUT2D eigenvalue weighted by Crippen LogP contribution is -2.52. The van der Waals surface area contributed by atoms with E-state index in [-0.39, 0.29) is 16.2 Å². The number of hydrogen-bond acceptors (Lipinski definition) is 2. The Hall–Kier alpha value is -4.90. The largest absolute Gasteiger partial charge is 0.513 e. The van der Waals surface area contributed by atoms with Crippen molar-refractivity contribution in [1.29, 1.82) is 0 Å². The van der Waals surface area contributed by atoms with Crippen molar-refractivity contribution in [3.63, 3.8) is 0 Å². The monoisotopic (exact) mass is 662 g/mol. The minimum absolute atomic E-state index is 0.00122. The molecule has 7 rings (SSSR count). The van der Waals surface area contributed by atoms with Crippen molar-refractivity contribution in [2.45, 2.75) is 97.9 Å². The molecule has 1 N–H and O–H groups in total. The molecule has 0 fully saturated rings. The van der Waals surface area contributed by atoms with Crippen molar-refractivity contribution in [3.05, 3.63) is 126 Å². The predicted octanol–water partition coefficient (Wildman–Crippen LogP) is 10.6. The third-order valence-corrected chi connectivity index (χ3v) is 10.3. The quantitative estimate of drug-likeness (QED) is 0.151. The van der Waals surface area contributed by atoms with Gasteiger partial charge in [-0.3, -0.25) is 4.57 Å². The number of imidazole rings is 1. The molecule has 7 aromatic rings. The Morgan fingerprint density at radius 1 is 0.600 bits per heavy atom. The number of rotatable bonds is 4. The minimum Gasteiger partial charge on any atom is -0.513 e. The summed E-state index contributed by atoms with van der Waals surface area (Å²) in [6.07, 6.45) is 5.67. The van der Waals surface area contributed by atoms with Crippen LogP contribution in [-0.2, 0) is 21.8 Å².